The van der Waals surface area contributed by atoms with E-state index in [0.29, 0.717) is 22.4 Å². The second-order valence-electron chi connectivity index (χ2n) is 7.72. The number of aryl methyl sites for hydroxylation is 1. The van der Waals surface area contributed by atoms with Crippen molar-refractivity contribution in [3.8, 4) is 0 Å². The summed E-state index contributed by atoms with van der Waals surface area (Å²) in [6.45, 7) is 4.93. The Hall–Kier alpha value is -2.95. The van der Waals surface area contributed by atoms with Crippen molar-refractivity contribution in [1.82, 2.24) is 9.55 Å². The number of amides is 1. The highest BCUT2D eigenvalue weighted by Crippen LogP contribution is 2.24. The third kappa shape index (κ3) is 3.44. The van der Waals surface area contributed by atoms with Gasteiger partial charge in [-0.15, -0.1) is 0 Å². The molecule has 1 amide bonds. The van der Waals surface area contributed by atoms with E-state index in [4.69, 9.17) is 4.98 Å². The van der Waals surface area contributed by atoms with E-state index in [-0.39, 0.29) is 11.5 Å². The maximum absolute atomic E-state index is 12.8. The van der Waals surface area contributed by atoms with Gasteiger partial charge >= 0.3 is 0 Å². The number of nitrogens with one attached hydrogen (secondary N) is 1. The molecule has 0 fully saturated rings. The highest BCUT2D eigenvalue weighted by Gasteiger charge is 2.16. The summed E-state index contributed by atoms with van der Waals surface area (Å²) in [5.74, 6) is 0.954. The Bertz CT molecular complexity index is 1100. The Kier molecular flexibility index (Phi) is 4.99. The summed E-state index contributed by atoms with van der Waals surface area (Å²) in [6.07, 6.45) is 3.98. The molecule has 4 rings (SSSR count). The van der Waals surface area contributed by atoms with Gasteiger partial charge in [-0.05, 0) is 48.6 Å². The minimum Gasteiger partial charge on any atom is -0.322 e. The van der Waals surface area contributed by atoms with Crippen LogP contribution in [-0.2, 0) is 13.0 Å². The van der Waals surface area contributed by atoms with Crippen LogP contribution in [0.1, 0.15) is 60.8 Å². The first kappa shape index (κ1) is 18.4. The zero-order valence-corrected chi connectivity index (χ0v) is 16.4. The SMILES string of the molecule is CC(C)c1ccccc1NC(=O)c1ccc2c(=O)n3c(nc2c1)CCCCC3. The highest BCUT2D eigenvalue weighted by atomic mass is 16.1. The van der Waals surface area contributed by atoms with E-state index in [0.717, 1.165) is 49.3 Å². The lowest BCUT2D eigenvalue weighted by Gasteiger charge is -2.14. The second kappa shape index (κ2) is 7.58. The van der Waals surface area contributed by atoms with E-state index in [1.165, 1.54) is 0 Å². The van der Waals surface area contributed by atoms with E-state index in [9.17, 15) is 9.59 Å². The number of hydrogen-bond acceptors (Lipinski definition) is 3. The fourth-order valence-corrected chi connectivity index (χ4v) is 3.87. The smallest absolute Gasteiger partial charge is 0.261 e. The minimum absolute atomic E-state index is 0.000915. The van der Waals surface area contributed by atoms with Gasteiger partial charge in [-0.25, -0.2) is 4.98 Å². The first-order valence-corrected chi connectivity index (χ1v) is 9.98. The molecule has 1 N–H and O–H groups in total. The molecule has 0 radical (unpaired) electrons. The monoisotopic (exact) mass is 375 g/mol. The summed E-state index contributed by atoms with van der Waals surface area (Å²) in [5.41, 5.74) is 3.02. The van der Waals surface area contributed by atoms with Crippen molar-refractivity contribution < 1.29 is 4.79 Å². The normalized spacial score (nSPS) is 14.0. The van der Waals surface area contributed by atoms with Crippen LogP contribution < -0.4 is 10.9 Å². The average Bonchev–Trinajstić information content (AvgIpc) is 2.93. The first-order valence-electron chi connectivity index (χ1n) is 9.98. The van der Waals surface area contributed by atoms with Gasteiger partial charge < -0.3 is 5.32 Å². The van der Waals surface area contributed by atoms with E-state index >= 15 is 0 Å². The number of carbonyl (C=O) groups excluding carboxylic acids is 1. The van der Waals surface area contributed by atoms with Gasteiger partial charge in [0.1, 0.15) is 5.82 Å². The van der Waals surface area contributed by atoms with Gasteiger partial charge in [0.05, 0.1) is 10.9 Å². The second-order valence-corrected chi connectivity index (χ2v) is 7.72. The molecule has 28 heavy (non-hydrogen) atoms. The summed E-state index contributed by atoms with van der Waals surface area (Å²) in [5, 5.41) is 3.58. The van der Waals surface area contributed by atoms with Crippen LogP contribution in [0.2, 0.25) is 0 Å². The van der Waals surface area contributed by atoms with E-state index < -0.39 is 0 Å². The number of fused-ring (bicyclic) bond motifs is 2. The maximum atomic E-state index is 12.8. The standard InChI is InChI=1S/C23H25N3O2/c1-15(2)17-8-5-6-9-19(17)25-22(27)16-11-12-18-20(14-16)24-21-10-4-3-7-13-26(21)23(18)28/h5-6,8-9,11-12,14-15H,3-4,7,10,13H2,1-2H3,(H,25,27). The molecule has 0 bridgehead atoms. The van der Waals surface area contributed by atoms with E-state index in [1.54, 1.807) is 22.8 Å². The number of rotatable bonds is 3. The fourth-order valence-electron chi connectivity index (χ4n) is 3.87. The van der Waals surface area contributed by atoms with Crippen molar-refractivity contribution in [1.29, 1.82) is 0 Å². The van der Waals surface area contributed by atoms with Crippen molar-refractivity contribution in [2.75, 3.05) is 5.32 Å². The Morgan fingerprint density at radius 2 is 1.93 bits per heavy atom. The van der Waals surface area contributed by atoms with Crippen LogP contribution in [0.25, 0.3) is 10.9 Å². The maximum Gasteiger partial charge on any atom is 0.261 e. The third-order valence-corrected chi connectivity index (χ3v) is 5.41. The van der Waals surface area contributed by atoms with Crippen molar-refractivity contribution in [2.24, 2.45) is 0 Å². The Morgan fingerprint density at radius 3 is 2.75 bits per heavy atom. The molecule has 2 heterocycles. The van der Waals surface area contributed by atoms with Crippen molar-refractivity contribution in [2.45, 2.75) is 52.0 Å². The number of nitrogens with zero attached hydrogens (tertiary/aromatic N) is 2. The molecule has 1 aliphatic rings. The number of carbonyl (C=O) groups is 1. The number of hydrogen-bond donors (Lipinski definition) is 1. The molecule has 1 aromatic heterocycles. The molecule has 2 aromatic carbocycles. The molecule has 0 aliphatic carbocycles. The summed E-state index contributed by atoms with van der Waals surface area (Å²) >= 11 is 0. The molecule has 1 aliphatic heterocycles. The van der Waals surface area contributed by atoms with E-state index in [1.807, 2.05) is 24.3 Å². The molecule has 0 saturated carbocycles. The van der Waals surface area contributed by atoms with Crippen LogP contribution in [0.5, 0.6) is 0 Å². The van der Waals surface area contributed by atoms with Gasteiger partial charge in [-0.2, -0.15) is 0 Å². The average molecular weight is 375 g/mol. The third-order valence-electron chi connectivity index (χ3n) is 5.41. The van der Waals surface area contributed by atoms with Gasteiger partial charge in [0.15, 0.2) is 0 Å². The Balaban J connectivity index is 1.70. The van der Waals surface area contributed by atoms with Gasteiger partial charge in [-0.3, -0.25) is 14.2 Å². The summed E-state index contributed by atoms with van der Waals surface area (Å²) in [7, 11) is 0. The molecule has 0 spiro atoms. The largest absolute Gasteiger partial charge is 0.322 e. The molecule has 0 saturated heterocycles. The summed E-state index contributed by atoms with van der Waals surface area (Å²) < 4.78 is 1.80. The summed E-state index contributed by atoms with van der Waals surface area (Å²) in [4.78, 5) is 30.4. The van der Waals surface area contributed by atoms with Gasteiger partial charge in [0.2, 0.25) is 0 Å². The molecule has 0 atom stereocenters. The van der Waals surface area contributed by atoms with Crippen LogP contribution in [0.3, 0.4) is 0 Å². The highest BCUT2D eigenvalue weighted by molar-refractivity contribution is 6.06. The fraction of sp³-hybridized carbons (Fsp3) is 0.348. The molecular weight excluding hydrogens is 350 g/mol. The number of aromatic nitrogens is 2. The zero-order chi connectivity index (χ0) is 19.7. The van der Waals surface area contributed by atoms with Gasteiger partial charge in [0.25, 0.3) is 11.5 Å². The predicted molar refractivity (Wildman–Crippen MR) is 112 cm³/mol. The van der Waals surface area contributed by atoms with E-state index in [2.05, 4.69) is 19.2 Å². The number of para-hydroxylation sites is 1. The Labute approximate surface area is 164 Å². The zero-order valence-electron chi connectivity index (χ0n) is 16.4. The van der Waals surface area contributed by atoms with Crippen molar-refractivity contribution in [3.63, 3.8) is 0 Å². The molecule has 144 valence electrons. The lowest BCUT2D eigenvalue weighted by Crippen LogP contribution is -2.24. The van der Waals surface area contributed by atoms with Gasteiger partial charge in [-0.1, -0.05) is 38.5 Å². The van der Waals surface area contributed by atoms with Crippen LogP contribution in [0.15, 0.2) is 47.3 Å². The van der Waals surface area contributed by atoms with Crippen LogP contribution in [0, 0.1) is 0 Å². The predicted octanol–water partition coefficient (Wildman–Crippen LogP) is 4.50. The van der Waals surface area contributed by atoms with Crippen molar-refractivity contribution >= 4 is 22.5 Å². The minimum atomic E-state index is -0.188. The first-order chi connectivity index (χ1) is 13.5. The van der Waals surface area contributed by atoms with Crippen LogP contribution in [0.4, 0.5) is 5.69 Å². The topological polar surface area (TPSA) is 64.0 Å². The van der Waals surface area contributed by atoms with Crippen molar-refractivity contribution in [3.05, 3.63) is 69.8 Å². The molecular formula is C23H25N3O2. The van der Waals surface area contributed by atoms with Crippen LogP contribution >= 0.6 is 0 Å². The van der Waals surface area contributed by atoms with Gasteiger partial charge in [0, 0.05) is 24.2 Å². The molecule has 0 unspecified atom stereocenters. The molecule has 3 aromatic rings. The molecule has 5 heteroatoms. The van der Waals surface area contributed by atoms with Crippen LogP contribution in [-0.4, -0.2) is 15.5 Å². The number of benzene rings is 2. The summed E-state index contributed by atoms with van der Waals surface area (Å²) in [6, 6.07) is 13.0. The number of anilines is 1. The lowest BCUT2D eigenvalue weighted by molar-refractivity contribution is 0.102. The quantitative estimate of drug-likeness (QED) is 0.733. The lowest BCUT2D eigenvalue weighted by atomic mass is 10.0. The molecule has 5 nitrogen and oxygen atoms in total. The Morgan fingerprint density at radius 1 is 1.11 bits per heavy atom.